The van der Waals surface area contributed by atoms with Crippen LogP contribution in [0.4, 0.5) is 15.0 Å². The zero-order valence-corrected chi connectivity index (χ0v) is 8.66. The van der Waals surface area contributed by atoms with Crippen LogP contribution in [0, 0.1) is 12.7 Å². The number of nitrogens with zero attached hydrogens (tertiary/aromatic N) is 2. The van der Waals surface area contributed by atoms with Crippen LogP contribution in [0.5, 0.6) is 0 Å². The van der Waals surface area contributed by atoms with Crippen molar-refractivity contribution in [2.45, 2.75) is 13.5 Å². The lowest BCUT2D eigenvalue weighted by Gasteiger charge is -2.28. The van der Waals surface area contributed by atoms with Gasteiger partial charge in [-0.2, -0.15) is 0 Å². The van der Waals surface area contributed by atoms with Crippen LogP contribution in [-0.4, -0.2) is 28.7 Å². The van der Waals surface area contributed by atoms with E-state index in [1.807, 2.05) is 0 Å². The Morgan fingerprint density at radius 2 is 2.44 bits per heavy atom. The van der Waals surface area contributed by atoms with Gasteiger partial charge in [0.1, 0.15) is 17.9 Å². The summed E-state index contributed by atoms with van der Waals surface area (Å²) in [6.07, 6.45) is 1.70. The Hall–Kier alpha value is -1.98. The van der Waals surface area contributed by atoms with Crippen molar-refractivity contribution in [3.8, 4) is 0 Å². The smallest absolute Gasteiger partial charge is 0.313 e. The van der Waals surface area contributed by atoms with E-state index in [0.29, 0.717) is 23.2 Å². The fraction of sp³-hybridized carbons (Fsp3) is 0.300. The first-order valence-corrected chi connectivity index (χ1v) is 4.77. The molecule has 16 heavy (non-hydrogen) atoms. The summed E-state index contributed by atoms with van der Waals surface area (Å²) in [5, 5.41) is 2.51. The van der Waals surface area contributed by atoms with Gasteiger partial charge in [-0.05, 0) is 12.5 Å². The van der Waals surface area contributed by atoms with E-state index in [9.17, 15) is 14.0 Å². The summed E-state index contributed by atoms with van der Waals surface area (Å²) in [4.78, 5) is 26.9. The second-order valence-corrected chi connectivity index (χ2v) is 3.54. The molecule has 0 saturated heterocycles. The summed E-state index contributed by atoms with van der Waals surface area (Å²) >= 11 is 0. The molecule has 6 heteroatoms. The molecule has 2 heterocycles. The third-order valence-corrected chi connectivity index (χ3v) is 2.56. The number of anilines is 1. The molecular weight excluding hydrogens is 213 g/mol. The lowest BCUT2D eigenvalue weighted by Crippen LogP contribution is -2.40. The lowest BCUT2D eigenvalue weighted by molar-refractivity contribution is -0.108. The van der Waals surface area contributed by atoms with E-state index in [1.165, 1.54) is 4.90 Å². The molecule has 0 unspecified atom stereocenters. The minimum absolute atomic E-state index is 0.0127. The average molecular weight is 223 g/mol. The van der Waals surface area contributed by atoms with Gasteiger partial charge in [-0.25, -0.2) is 14.2 Å². The molecule has 5 nitrogen and oxygen atoms in total. The Kier molecular flexibility index (Phi) is 2.55. The Bertz CT molecular complexity index is 462. The van der Waals surface area contributed by atoms with Crippen molar-refractivity contribution >= 4 is 18.1 Å². The zero-order chi connectivity index (χ0) is 11.7. The van der Waals surface area contributed by atoms with Crippen LogP contribution < -0.4 is 5.32 Å². The highest BCUT2D eigenvalue weighted by atomic mass is 19.1. The predicted molar refractivity (Wildman–Crippen MR) is 54.4 cm³/mol. The Morgan fingerprint density at radius 1 is 1.69 bits per heavy atom. The van der Waals surface area contributed by atoms with E-state index < -0.39 is 11.8 Å². The van der Waals surface area contributed by atoms with E-state index in [-0.39, 0.29) is 13.1 Å². The maximum absolute atomic E-state index is 13.3. The number of urea groups is 1. The monoisotopic (exact) mass is 223 g/mol. The largest absolute Gasteiger partial charge is 0.323 e. The van der Waals surface area contributed by atoms with Gasteiger partial charge in [0, 0.05) is 5.56 Å². The molecule has 0 aromatic carbocycles. The number of hydrogen-bond donors (Lipinski definition) is 1. The maximum Gasteiger partial charge on any atom is 0.323 e. The number of halogens is 1. The van der Waals surface area contributed by atoms with Crippen LogP contribution in [0.15, 0.2) is 6.20 Å². The highest BCUT2D eigenvalue weighted by Crippen LogP contribution is 2.25. The van der Waals surface area contributed by atoms with Gasteiger partial charge >= 0.3 is 6.03 Å². The summed E-state index contributed by atoms with van der Waals surface area (Å²) in [7, 11) is 0. The molecule has 0 spiro atoms. The number of carbonyl (C=O) groups excluding carboxylic acids is 2. The number of aldehydes is 1. The van der Waals surface area contributed by atoms with Crippen LogP contribution >= 0.6 is 0 Å². The number of nitrogens with one attached hydrogen (secondary N) is 1. The van der Waals surface area contributed by atoms with E-state index >= 15 is 0 Å². The molecule has 2 amide bonds. The van der Waals surface area contributed by atoms with Crippen LogP contribution in [0.25, 0.3) is 0 Å². The first-order chi connectivity index (χ1) is 7.63. The summed E-state index contributed by atoms with van der Waals surface area (Å²) in [5.74, 6) is -0.0491. The fourth-order valence-electron chi connectivity index (χ4n) is 1.60. The van der Waals surface area contributed by atoms with Crippen molar-refractivity contribution in [3.05, 3.63) is 23.1 Å². The molecule has 0 fully saturated rings. The first-order valence-electron chi connectivity index (χ1n) is 4.77. The van der Waals surface area contributed by atoms with Crippen molar-refractivity contribution in [2.75, 3.05) is 11.9 Å². The normalized spacial score (nSPS) is 14.4. The third-order valence-electron chi connectivity index (χ3n) is 2.56. The van der Waals surface area contributed by atoms with Crippen LogP contribution in [0.2, 0.25) is 0 Å². The first kappa shape index (κ1) is 10.5. The standard InChI is InChI=1S/C10H10FN3O2/c1-6-7-5-14(2-3-15)10(16)13-9(7)12-4-8(6)11/h3-4H,2,5H2,1H3,(H,12,13,16). The SMILES string of the molecule is Cc1c(F)cnc2c1CN(CC=O)C(=O)N2. The average Bonchev–Trinajstić information content (AvgIpc) is 2.26. The molecule has 0 atom stereocenters. The van der Waals surface area contributed by atoms with Crippen molar-refractivity contribution in [1.82, 2.24) is 9.88 Å². The van der Waals surface area contributed by atoms with Gasteiger partial charge in [-0.15, -0.1) is 0 Å². The topological polar surface area (TPSA) is 62.3 Å². The molecule has 1 aromatic rings. The summed E-state index contributed by atoms with van der Waals surface area (Å²) in [5.41, 5.74) is 1.06. The number of amides is 2. The van der Waals surface area contributed by atoms with Crippen LogP contribution in [-0.2, 0) is 11.3 Å². The highest BCUT2D eigenvalue weighted by molar-refractivity contribution is 5.92. The molecule has 1 N–H and O–H groups in total. The molecule has 0 bridgehead atoms. The minimum atomic E-state index is -0.416. The predicted octanol–water partition coefficient (Wildman–Crippen LogP) is 1.08. The number of fused-ring (bicyclic) bond motifs is 1. The second kappa shape index (κ2) is 3.88. The molecular formula is C10H10FN3O2. The van der Waals surface area contributed by atoms with Gasteiger partial charge in [-0.1, -0.05) is 0 Å². The zero-order valence-electron chi connectivity index (χ0n) is 8.66. The van der Waals surface area contributed by atoms with E-state index in [0.717, 1.165) is 6.20 Å². The summed E-state index contributed by atoms with van der Waals surface area (Å²) in [6.45, 7) is 1.81. The molecule has 0 saturated carbocycles. The maximum atomic E-state index is 13.3. The quantitative estimate of drug-likeness (QED) is 0.763. The molecule has 84 valence electrons. The summed E-state index contributed by atoms with van der Waals surface area (Å²) in [6, 6.07) is -0.391. The van der Waals surface area contributed by atoms with Crippen molar-refractivity contribution < 1.29 is 14.0 Å². The molecule has 1 aliphatic rings. The molecule has 1 aliphatic heterocycles. The van der Waals surface area contributed by atoms with Crippen LogP contribution in [0.1, 0.15) is 11.1 Å². The number of rotatable bonds is 2. The van der Waals surface area contributed by atoms with E-state index in [2.05, 4.69) is 10.3 Å². The number of aromatic nitrogens is 1. The molecule has 0 aliphatic carbocycles. The number of hydrogen-bond acceptors (Lipinski definition) is 3. The van der Waals surface area contributed by atoms with Gasteiger partial charge < -0.3 is 9.69 Å². The van der Waals surface area contributed by atoms with Gasteiger partial charge in [0.15, 0.2) is 0 Å². The molecule has 0 radical (unpaired) electrons. The van der Waals surface area contributed by atoms with Crippen molar-refractivity contribution in [3.63, 3.8) is 0 Å². The van der Waals surface area contributed by atoms with Crippen molar-refractivity contribution in [1.29, 1.82) is 0 Å². The van der Waals surface area contributed by atoms with Crippen LogP contribution in [0.3, 0.4) is 0 Å². The Balaban J connectivity index is 2.40. The van der Waals surface area contributed by atoms with Crippen molar-refractivity contribution in [2.24, 2.45) is 0 Å². The van der Waals surface area contributed by atoms with Gasteiger partial charge in [-0.3, -0.25) is 5.32 Å². The van der Waals surface area contributed by atoms with Gasteiger partial charge in [0.05, 0.1) is 19.3 Å². The van der Waals surface area contributed by atoms with Gasteiger partial charge in [0.25, 0.3) is 0 Å². The number of carbonyl (C=O) groups is 2. The third kappa shape index (κ3) is 1.62. The van der Waals surface area contributed by atoms with Gasteiger partial charge in [0.2, 0.25) is 0 Å². The summed E-state index contributed by atoms with van der Waals surface area (Å²) < 4.78 is 13.3. The lowest BCUT2D eigenvalue weighted by atomic mass is 10.1. The Morgan fingerprint density at radius 3 is 3.12 bits per heavy atom. The Labute approximate surface area is 91.3 Å². The second-order valence-electron chi connectivity index (χ2n) is 3.54. The fourth-order valence-corrected chi connectivity index (χ4v) is 1.60. The minimum Gasteiger partial charge on any atom is -0.313 e. The highest BCUT2D eigenvalue weighted by Gasteiger charge is 2.25. The molecule has 2 rings (SSSR count). The number of pyridine rings is 1. The van der Waals surface area contributed by atoms with E-state index in [1.54, 1.807) is 6.92 Å². The molecule has 1 aromatic heterocycles. The van der Waals surface area contributed by atoms with E-state index in [4.69, 9.17) is 0 Å².